The summed E-state index contributed by atoms with van der Waals surface area (Å²) >= 11 is 3.58. The lowest BCUT2D eigenvalue weighted by molar-refractivity contribution is 0.00761. The van der Waals surface area contributed by atoms with E-state index in [1.54, 1.807) is 11.3 Å². The average molecular weight is 351 g/mol. The van der Waals surface area contributed by atoms with Crippen LogP contribution in [0.5, 0.6) is 0 Å². The van der Waals surface area contributed by atoms with Crippen molar-refractivity contribution in [2.45, 2.75) is 39.1 Å². The maximum atomic E-state index is 6.22. The van der Waals surface area contributed by atoms with Gasteiger partial charge in [0.1, 0.15) is 0 Å². The Morgan fingerprint density at radius 1 is 1.35 bits per heavy atom. The van der Waals surface area contributed by atoms with E-state index in [-0.39, 0.29) is 6.10 Å². The Morgan fingerprint density at radius 3 is 3.00 bits per heavy atom. The van der Waals surface area contributed by atoms with Crippen molar-refractivity contribution in [3.63, 3.8) is 0 Å². The summed E-state index contributed by atoms with van der Waals surface area (Å²) in [6.45, 7) is 8.49. The quantitative estimate of drug-likeness (QED) is 0.829. The Morgan fingerprint density at radius 2 is 2.26 bits per heavy atom. The van der Waals surface area contributed by atoms with Crippen LogP contribution in [0.25, 0.3) is 0 Å². The van der Waals surface area contributed by atoms with Gasteiger partial charge < -0.3 is 9.47 Å². The molecule has 0 amide bonds. The third-order valence-corrected chi connectivity index (χ3v) is 6.53. The molecular formula is C17H22N2O2S2. The van der Waals surface area contributed by atoms with Gasteiger partial charge >= 0.3 is 0 Å². The number of rotatable bonds is 5. The number of hydrogen-bond acceptors (Lipinski definition) is 6. The van der Waals surface area contributed by atoms with Gasteiger partial charge in [0, 0.05) is 40.2 Å². The van der Waals surface area contributed by atoms with Crippen molar-refractivity contribution in [3.8, 4) is 0 Å². The second kappa shape index (κ2) is 6.61. The molecule has 4 heterocycles. The zero-order valence-corrected chi connectivity index (χ0v) is 15.2. The Labute approximate surface area is 145 Å². The molecule has 0 aliphatic carbocycles. The molecule has 2 aliphatic heterocycles. The molecule has 2 aromatic heterocycles. The van der Waals surface area contributed by atoms with Crippen LogP contribution < -0.4 is 0 Å². The Hall–Kier alpha value is -0.790. The first-order valence-corrected chi connectivity index (χ1v) is 9.78. The maximum absolute atomic E-state index is 6.22. The fourth-order valence-electron chi connectivity index (χ4n) is 3.59. The van der Waals surface area contributed by atoms with E-state index in [2.05, 4.69) is 34.3 Å². The molecule has 2 saturated heterocycles. The molecule has 23 heavy (non-hydrogen) atoms. The number of aromatic nitrogens is 1. The van der Waals surface area contributed by atoms with Crippen LogP contribution in [-0.4, -0.2) is 41.8 Å². The van der Waals surface area contributed by atoms with E-state index in [0.29, 0.717) is 18.6 Å². The molecule has 0 N–H and O–H groups in total. The molecule has 0 radical (unpaired) electrons. The van der Waals surface area contributed by atoms with Crippen molar-refractivity contribution in [2.24, 2.45) is 5.92 Å². The summed E-state index contributed by atoms with van der Waals surface area (Å²) < 4.78 is 12.0. The smallest absolute Gasteiger partial charge is 0.0901 e. The van der Waals surface area contributed by atoms with E-state index in [1.165, 1.54) is 9.75 Å². The van der Waals surface area contributed by atoms with E-state index in [9.17, 15) is 0 Å². The van der Waals surface area contributed by atoms with E-state index in [4.69, 9.17) is 9.47 Å². The number of aryl methyl sites for hydroxylation is 2. The van der Waals surface area contributed by atoms with Crippen LogP contribution in [0.1, 0.15) is 20.5 Å². The molecule has 0 bridgehead atoms. The molecule has 124 valence electrons. The molecule has 4 nitrogen and oxygen atoms in total. The third-order valence-electron chi connectivity index (χ3n) is 4.72. The standard InChI is InChI=1S/C17H22N2O2S2/c1-11-3-4-14(23-11)5-19-6-17(15-8-20-9-16(15)19)21-7-13-10-22-12(2)18-13/h3-4,10,15-17H,5-9H2,1-2H3/t15-,16+,17+/m0/s1. The predicted octanol–water partition coefficient (Wildman–Crippen LogP) is 3.24. The van der Waals surface area contributed by atoms with Gasteiger partial charge in [-0.05, 0) is 26.0 Å². The fraction of sp³-hybridized carbons (Fsp3) is 0.588. The van der Waals surface area contributed by atoms with Gasteiger partial charge in [0.15, 0.2) is 0 Å². The summed E-state index contributed by atoms with van der Waals surface area (Å²) in [6, 6.07) is 4.95. The van der Waals surface area contributed by atoms with Gasteiger partial charge in [-0.25, -0.2) is 4.98 Å². The van der Waals surface area contributed by atoms with Crippen LogP contribution in [0.3, 0.4) is 0 Å². The highest BCUT2D eigenvalue weighted by Crippen LogP contribution is 2.34. The Balaban J connectivity index is 1.40. The largest absolute Gasteiger partial charge is 0.379 e. The lowest BCUT2D eigenvalue weighted by atomic mass is 10.0. The van der Waals surface area contributed by atoms with Crippen molar-refractivity contribution in [1.82, 2.24) is 9.88 Å². The minimum Gasteiger partial charge on any atom is -0.379 e. The van der Waals surface area contributed by atoms with E-state index in [1.807, 2.05) is 18.3 Å². The number of thiophene rings is 1. The average Bonchev–Trinajstić information content (AvgIpc) is 3.25. The number of likely N-dealkylation sites (tertiary alicyclic amines) is 1. The summed E-state index contributed by atoms with van der Waals surface area (Å²) in [7, 11) is 0. The SMILES string of the molecule is Cc1ccc(CN2C[C@@H](OCc3csc(C)n3)[C@H]3COC[C@H]32)s1. The van der Waals surface area contributed by atoms with Crippen LogP contribution in [-0.2, 0) is 22.6 Å². The molecule has 2 aliphatic rings. The molecular weight excluding hydrogens is 328 g/mol. The lowest BCUT2D eigenvalue weighted by Crippen LogP contribution is -2.31. The molecule has 0 aromatic carbocycles. The first-order chi connectivity index (χ1) is 11.2. The fourth-order valence-corrected chi connectivity index (χ4v) is 5.10. The second-order valence-corrected chi connectivity index (χ2v) is 8.85. The molecule has 6 heteroatoms. The van der Waals surface area contributed by atoms with Crippen LogP contribution in [0.15, 0.2) is 17.5 Å². The Kier molecular flexibility index (Phi) is 4.52. The van der Waals surface area contributed by atoms with Crippen LogP contribution in [0, 0.1) is 19.8 Å². The first-order valence-electron chi connectivity index (χ1n) is 8.09. The molecule has 3 atom stereocenters. The van der Waals surface area contributed by atoms with Gasteiger partial charge in [0.25, 0.3) is 0 Å². The summed E-state index contributed by atoms with van der Waals surface area (Å²) in [5, 5.41) is 3.20. The number of ether oxygens (including phenoxy) is 2. The van der Waals surface area contributed by atoms with Crippen molar-refractivity contribution >= 4 is 22.7 Å². The predicted molar refractivity (Wildman–Crippen MR) is 93.0 cm³/mol. The lowest BCUT2D eigenvalue weighted by Gasteiger charge is -2.21. The molecule has 0 spiro atoms. The summed E-state index contributed by atoms with van der Waals surface area (Å²) in [5.74, 6) is 0.496. The van der Waals surface area contributed by atoms with Crippen LogP contribution in [0.4, 0.5) is 0 Å². The summed E-state index contributed by atoms with van der Waals surface area (Å²) in [6.07, 6.45) is 0.255. The zero-order chi connectivity index (χ0) is 15.8. The van der Waals surface area contributed by atoms with Gasteiger partial charge in [0.05, 0.1) is 36.6 Å². The number of thiazole rings is 1. The number of fused-ring (bicyclic) bond motifs is 1. The molecule has 4 rings (SSSR count). The maximum Gasteiger partial charge on any atom is 0.0901 e. The normalized spacial score (nSPS) is 27.7. The minimum absolute atomic E-state index is 0.255. The summed E-state index contributed by atoms with van der Waals surface area (Å²) in [5.41, 5.74) is 1.05. The third kappa shape index (κ3) is 3.37. The highest BCUT2D eigenvalue weighted by Gasteiger charge is 2.45. The van der Waals surface area contributed by atoms with Gasteiger partial charge in [0.2, 0.25) is 0 Å². The van der Waals surface area contributed by atoms with E-state index >= 15 is 0 Å². The number of nitrogens with zero attached hydrogens (tertiary/aromatic N) is 2. The summed E-state index contributed by atoms with van der Waals surface area (Å²) in [4.78, 5) is 9.85. The van der Waals surface area contributed by atoms with Crippen molar-refractivity contribution in [3.05, 3.63) is 38.0 Å². The monoisotopic (exact) mass is 350 g/mol. The van der Waals surface area contributed by atoms with Gasteiger partial charge in [-0.3, -0.25) is 4.90 Å². The molecule has 2 aromatic rings. The highest BCUT2D eigenvalue weighted by molar-refractivity contribution is 7.11. The van der Waals surface area contributed by atoms with Crippen molar-refractivity contribution in [1.29, 1.82) is 0 Å². The minimum atomic E-state index is 0.255. The topological polar surface area (TPSA) is 34.6 Å². The molecule has 0 saturated carbocycles. The van der Waals surface area contributed by atoms with Crippen LogP contribution in [0.2, 0.25) is 0 Å². The van der Waals surface area contributed by atoms with E-state index < -0.39 is 0 Å². The van der Waals surface area contributed by atoms with Gasteiger partial charge in [-0.2, -0.15) is 0 Å². The van der Waals surface area contributed by atoms with Crippen molar-refractivity contribution < 1.29 is 9.47 Å². The zero-order valence-electron chi connectivity index (χ0n) is 13.5. The van der Waals surface area contributed by atoms with E-state index in [0.717, 1.165) is 37.0 Å². The second-order valence-electron chi connectivity index (χ2n) is 6.42. The van der Waals surface area contributed by atoms with Gasteiger partial charge in [-0.15, -0.1) is 22.7 Å². The van der Waals surface area contributed by atoms with Crippen LogP contribution >= 0.6 is 22.7 Å². The Bertz CT molecular complexity index is 669. The molecule has 2 fully saturated rings. The van der Waals surface area contributed by atoms with Crippen molar-refractivity contribution in [2.75, 3.05) is 19.8 Å². The highest BCUT2D eigenvalue weighted by atomic mass is 32.1. The number of hydrogen-bond donors (Lipinski definition) is 0. The van der Waals surface area contributed by atoms with Gasteiger partial charge in [-0.1, -0.05) is 0 Å². The molecule has 0 unspecified atom stereocenters. The first kappa shape index (κ1) is 15.7.